The third-order valence-corrected chi connectivity index (χ3v) is 8.12. The molecule has 200 valence electrons. The van der Waals surface area contributed by atoms with Crippen LogP contribution < -0.4 is 4.74 Å². The van der Waals surface area contributed by atoms with E-state index in [1.165, 1.54) is 95.5 Å². The number of nitrogens with zero attached hydrogens (tertiary/aromatic N) is 1. The predicted octanol–water partition coefficient (Wildman–Crippen LogP) is 9.92. The Labute approximate surface area is 225 Å². The minimum absolute atomic E-state index is 0.349. The molecule has 0 unspecified atom stereocenters. The molecular weight excluding hydrogens is 454 g/mol. The summed E-state index contributed by atoms with van der Waals surface area (Å²) in [5, 5.41) is 9.64. The highest BCUT2D eigenvalue weighted by molar-refractivity contribution is 5.91. The van der Waals surface area contributed by atoms with E-state index in [9.17, 15) is 10.1 Å². The average molecular weight is 502 g/mol. The molecule has 0 bridgehead atoms. The first kappa shape index (κ1) is 29.0. The molecule has 0 saturated heterocycles. The summed E-state index contributed by atoms with van der Waals surface area (Å²) < 4.78 is 5.64. The second-order valence-electron chi connectivity index (χ2n) is 11.0. The Morgan fingerprint density at radius 1 is 0.838 bits per heavy atom. The Morgan fingerprint density at radius 3 is 2.14 bits per heavy atom. The van der Waals surface area contributed by atoms with Gasteiger partial charge >= 0.3 is 5.97 Å². The van der Waals surface area contributed by atoms with Crippen LogP contribution in [0.25, 0.3) is 0 Å². The van der Waals surface area contributed by atoms with Gasteiger partial charge in [0, 0.05) is 0 Å². The summed E-state index contributed by atoms with van der Waals surface area (Å²) in [6, 6.07) is 15.8. The first-order valence-corrected chi connectivity index (χ1v) is 15.0. The van der Waals surface area contributed by atoms with E-state index < -0.39 is 5.97 Å². The first-order chi connectivity index (χ1) is 18.1. The van der Waals surface area contributed by atoms with Crippen molar-refractivity contribution in [3.8, 4) is 11.8 Å². The van der Waals surface area contributed by atoms with E-state index in [0.717, 1.165) is 24.3 Å². The number of hydrogen-bond donors (Lipinski definition) is 0. The molecule has 1 fully saturated rings. The van der Waals surface area contributed by atoms with Crippen LogP contribution in [0.1, 0.15) is 143 Å². The molecule has 1 aliphatic rings. The Kier molecular flexibility index (Phi) is 12.7. The zero-order valence-corrected chi connectivity index (χ0v) is 23.3. The number of rotatable bonds is 15. The van der Waals surface area contributed by atoms with E-state index in [1.54, 1.807) is 6.07 Å². The number of carbonyl (C=O) groups excluding carboxylic acids is 1. The van der Waals surface area contributed by atoms with Crippen LogP contribution in [0.4, 0.5) is 0 Å². The molecule has 0 N–H and O–H groups in total. The lowest BCUT2D eigenvalue weighted by Crippen LogP contribution is -2.14. The Bertz CT molecular complexity index is 980. The fourth-order valence-corrected chi connectivity index (χ4v) is 5.70. The second-order valence-corrected chi connectivity index (χ2v) is 11.0. The number of ether oxygens (including phenoxy) is 1. The van der Waals surface area contributed by atoms with Gasteiger partial charge in [-0.1, -0.05) is 96.3 Å². The van der Waals surface area contributed by atoms with Gasteiger partial charge in [-0.05, 0) is 85.8 Å². The van der Waals surface area contributed by atoms with E-state index in [2.05, 4.69) is 32.0 Å². The van der Waals surface area contributed by atoms with Crippen LogP contribution in [0.5, 0.6) is 5.75 Å². The summed E-state index contributed by atoms with van der Waals surface area (Å²) in [5.41, 5.74) is 3.43. The zero-order chi connectivity index (χ0) is 26.3. The van der Waals surface area contributed by atoms with Crippen LogP contribution in [-0.4, -0.2) is 5.97 Å². The molecule has 2 aromatic rings. The first-order valence-electron chi connectivity index (χ1n) is 15.0. The molecule has 0 aliphatic heterocycles. The molecular formula is C34H47NO2. The van der Waals surface area contributed by atoms with Gasteiger partial charge in [0.05, 0.1) is 11.1 Å². The molecule has 37 heavy (non-hydrogen) atoms. The minimum atomic E-state index is -0.401. The van der Waals surface area contributed by atoms with Crippen LogP contribution in [0.15, 0.2) is 42.5 Å². The number of esters is 1. The fraction of sp³-hybridized carbons (Fsp3) is 0.588. The average Bonchev–Trinajstić information content (AvgIpc) is 2.94. The summed E-state index contributed by atoms with van der Waals surface area (Å²) in [7, 11) is 0. The van der Waals surface area contributed by atoms with Crippen molar-refractivity contribution in [3.63, 3.8) is 0 Å². The molecule has 0 heterocycles. The van der Waals surface area contributed by atoms with Gasteiger partial charge in [0.1, 0.15) is 11.8 Å². The van der Waals surface area contributed by atoms with Crippen molar-refractivity contribution in [1.29, 1.82) is 5.26 Å². The van der Waals surface area contributed by atoms with Crippen molar-refractivity contribution in [1.82, 2.24) is 0 Å². The van der Waals surface area contributed by atoms with E-state index >= 15 is 0 Å². The zero-order valence-electron chi connectivity index (χ0n) is 23.3. The molecule has 3 nitrogen and oxygen atoms in total. The third-order valence-electron chi connectivity index (χ3n) is 8.12. The third kappa shape index (κ3) is 9.66. The summed E-state index contributed by atoms with van der Waals surface area (Å²) >= 11 is 0. The second kappa shape index (κ2) is 16.3. The van der Waals surface area contributed by atoms with Gasteiger partial charge in [-0.2, -0.15) is 5.26 Å². The van der Waals surface area contributed by atoms with Crippen LogP contribution in [0, 0.1) is 17.2 Å². The largest absolute Gasteiger partial charge is 0.422 e. The maximum atomic E-state index is 12.8. The van der Waals surface area contributed by atoms with E-state index in [0.29, 0.717) is 22.8 Å². The van der Waals surface area contributed by atoms with E-state index in [-0.39, 0.29) is 0 Å². The Balaban J connectivity index is 1.46. The Hall–Kier alpha value is -2.60. The smallest absolute Gasteiger partial charge is 0.343 e. The standard InChI is InChI=1S/C34H47NO2/c1-3-5-7-8-9-10-11-12-14-28-17-24-33(32(25-28)26-35)37-34(36)31-22-20-30(21-23-31)29-18-15-27(16-19-29)13-6-4-2/h17,20-25,27,29H,3-16,18-19H2,1-2H3. The molecule has 1 aliphatic carbocycles. The van der Waals surface area contributed by atoms with Gasteiger partial charge in [0.15, 0.2) is 0 Å². The number of aryl methyl sites for hydroxylation is 1. The maximum Gasteiger partial charge on any atom is 0.343 e. The number of nitriles is 1. The fourth-order valence-electron chi connectivity index (χ4n) is 5.70. The van der Waals surface area contributed by atoms with Crippen molar-refractivity contribution in [3.05, 3.63) is 64.7 Å². The minimum Gasteiger partial charge on any atom is -0.422 e. The van der Waals surface area contributed by atoms with Crippen LogP contribution in [0.3, 0.4) is 0 Å². The number of benzene rings is 2. The molecule has 2 aromatic carbocycles. The molecule has 1 saturated carbocycles. The lowest BCUT2D eigenvalue weighted by atomic mass is 9.77. The monoisotopic (exact) mass is 501 g/mol. The summed E-state index contributed by atoms with van der Waals surface area (Å²) in [5.74, 6) is 1.44. The van der Waals surface area contributed by atoms with Crippen molar-refractivity contribution in [2.45, 2.75) is 122 Å². The number of hydrogen-bond acceptors (Lipinski definition) is 3. The highest BCUT2D eigenvalue weighted by atomic mass is 16.5. The summed E-state index contributed by atoms with van der Waals surface area (Å²) in [6.07, 6.45) is 20.4. The van der Waals surface area contributed by atoms with E-state index in [1.807, 2.05) is 24.3 Å². The van der Waals surface area contributed by atoms with Crippen molar-refractivity contribution in [2.75, 3.05) is 0 Å². The molecule has 0 amide bonds. The molecule has 3 heteroatoms. The quantitative estimate of drug-likeness (QED) is 0.139. The normalized spacial score (nSPS) is 17.3. The lowest BCUT2D eigenvalue weighted by molar-refractivity contribution is 0.0734. The number of unbranched alkanes of at least 4 members (excludes halogenated alkanes) is 8. The highest BCUT2D eigenvalue weighted by Gasteiger charge is 2.22. The van der Waals surface area contributed by atoms with Crippen molar-refractivity contribution < 1.29 is 9.53 Å². The lowest BCUT2D eigenvalue weighted by Gasteiger charge is -2.28. The Morgan fingerprint density at radius 2 is 1.49 bits per heavy atom. The topological polar surface area (TPSA) is 50.1 Å². The van der Waals surface area contributed by atoms with Crippen LogP contribution in [0.2, 0.25) is 0 Å². The highest BCUT2D eigenvalue weighted by Crippen LogP contribution is 2.37. The van der Waals surface area contributed by atoms with Crippen molar-refractivity contribution in [2.24, 2.45) is 5.92 Å². The van der Waals surface area contributed by atoms with Gasteiger partial charge < -0.3 is 4.74 Å². The van der Waals surface area contributed by atoms with Gasteiger partial charge in [-0.15, -0.1) is 0 Å². The molecule has 0 atom stereocenters. The van der Waals surface area contributed by atoms with Crippen molar-refractivity contribution >= 4 is 5.97 Å². The van der Waals surface area contributed by atoms with Crippen LogP contribution in [-0.2, 0) is 6.42 Å². The number of carbonyl (C=O) groups is 1. The predicted molar refractivity (Wildman–Crippen MR) is 153 cm³/mol. The molecule has 0 spiro atoms. The van der Waals surface area contributed by atoms with Gasteiger partial charge in [-0.25, -0.2) is 4.79 Å². The van der Waals surface area contributed by atoms with Gasteiger partial charge in [0.2, 0.25) is 0 Å². The van der Waals surface area contributed by atoms with Gasteiger partial charge in [0.25, 0.3) is 0 Å². The SMILES string of the molecule is CCCCCCCCCCc1ccc(OC(=O)c2ccc(C3CCC(CCCC)CC3)cc2)c(C#N)c1. The molecule has 3 rings (SSSR count). The van der Waals surface area contributed by atoms with Gasteiger partial charge in [-0.3, -0.25) is 0 Å². The maximum absolute atomic E-state index is 12.8. The van der Waals surface area contributed by atoms with Crippen LogP contribution >= 0.6 is 0 Å². The summed E-state index contributed by atoms with van der Waals surface area (Å²) in [6.45, 7) is 4.52. The molecule has 0 radical (unpaired) electrons. The van der Waals surface area contributed by atoms with E-state index in [4.69, 9.17) is 4.74 Å². The molecule has 0 aromatic heterocycles. The summed E-state index contributed by atoms with van der Waals surface area (Å²) in [4.78, 5) is 12.8.